The Bertz CT molecular complexity index is 381. The van der Waals surface area contributed by atoms with Gasteiger partial charge in [0.15, 0.2) is 0 Å². The Hall–Kier alpha value is -0.860. The van der Waals surface area contributed by atoms with E-state index in [-0.39, 0.29) is 0 Å². The summed E-state index contributed by atoms with van der Waals surface area (Å²) < 4.78 is 0. The molecule has 2 heteroatoms. The molecule has 0 aromatic heterocycles. The number of hydrogen-bond acceptors (Lipinski definition) is 2. The number of nitrogens with one attached hydrogen (secondary N) is 1. The number of rotatable bonds is 4. The Morgan fingerprint density at radius 2 is 2.17 bits per heavy atom. The molecule has 1 aromatic carbocycles. The third-order valence-electron chi connectivity index (χ3n) is 4.07. The fourth-order valence-corrected chi connectivity index (χ4v) is 2.83. The molecule has 100 valence electrons. The van der Waals surface area contributed by atoms with Crippen molar-refractivity contribution < 1.29 is 0 Å². The molecule has 1 aromatic rings. The van der Waals surface area contributed by atoms with Crippen molar-refractivity contribution in [2.75, 3.05) is 19.6 Å². The third kappa shape index (κ3) is 3.33. The first kappa shape index (κ1) is 13.6. The van der Waals surface area contributed by atoms with E-state index in [1.54, 1.807) is 0 Å². The average molecular weight is 246 g/mol. The second-order valence-electron chi connectivity index (χ2n) is 5.49. The monoisotopic (exact) mass is 246 g/mol. The Morgan fingerprint density at radius 1 is 1.33 bits per heavy atom. The molecule has 0 amide bonds. The van der Waals surface area contributed by atoms with Crippen LogP contribution in [0.2, 0.25) is 0 Å². The first-order chi connectivity index (χ1) is 8.70. The number of nitrogens with zero attached hydrogens (tertiary/aromatic N) is 1. The van der Waals surface area contributed by atoms with Crippen LogP contribution in [0.1, 0.15) is 36.5 Å². The van der Waals surface area contributed by atoms with Crippen molar-refractivity contribution >= 4 is 0 Å². The SMILES string of the molecule is CCN(Cc1cc(C)ccc1C)C1CCCNC1. The van der Waals surface area contributed by atoms with Gasteiger partial charge in [-0.2, -0.15) is 0 Å². The first-order valence-corrected chi connectivity index (χ1v) is 7.21. The topological polar surface area (TPSA) is 15.3 Å². The molecule has 1 aliphatic rings. The molecule has 2 rings (SSSR count). The van der Waals surface area contributed by atoms with E-state index in [1.165, 1.54) is 36.1 Å². The van der Waals surface area contributed by atoms with Crippen molar-refractivity contribution in [3.05, 3.63) is 34.9 Å². The molecule has 1 fully saturated rings. The summed E-state index contributed by atoms with van der Waals surface area (Å²) in [6.45, 7) is 11.3. The van der Waals surface area contributed by atoms with Gasteiger partial charge in [-0.1, -0.05) is 30.7 Å². The fourth-order valence-electron chi connectivity index (χ4n) is 2.83. The second kappa shape index (κ2) is 6.35. The lowest BCUT2D eigenvalue weighted by Crippen LogP contribution is -2.45. The molecule has 1 unspecified atom stereocenters. The van der Waals surface area contributed by atoms with Gasteiger partial charge in [-0.15, -0.1) is 0 Å². The van der Waals surface area contributed by atoms with Crippen LogP contribution in [0.3, 0.4) is 0 Å². The smallest absolute Gasteiger partial charge is 0.0239 e. The van der Waals surface area contributed by atoms with Crippen LogP contribution in [0.25, 0.3) is 0 Å². The third-order valence-corrected chi connectivity index (χ3v) is 4.07. The maximum atomic E-state index is 3.52. The van der Waals surface area contributed by atoms with Crippen LogP contribution in [0.15, 0.2) is 18.2 Å². The molecule has 1 saturated heterocycles. The average Bonchev–Trinajstić information content (AvgIpc) is 2.41. The Morgan fingerprint density at radius 3 is 2.83 bits per heavy atom. The van der Waals surface area contributed by atoms with Crippen LogP contribution in [-0.4, -0.2) is 30.6 Å². The molecule has 1 atom stereocenters. The van der Waals surface area contributed by atoms with Crippen LogP contribution < -0.4 is 5.32 Å². The van der Waals surface area contributed by atoms with Gasteiger partial charge in [0, 0.05) is 19.1 Å². The van der Waals surface area contributed by atoms with Crippen molar-refractivity contribution in [2.45, 2.75) is 46.2 Å². The summed E-state index contributed by atoms with van der Waals surface area (Å²) >= 11 is 0. The summed E-state index contributed by atoms with van der Waals surface area (Å²) in [4.78, 5) is 2.62. The molecule has 0 saturated carbocycles. The van der Waals surface area contributed by atoms with Crippen molar-refractivity contribution in [1.82, 2.24) is 10.2 Å². The minimum Gasteiger partial charge on any atom is -0.315 e. The van der Waals surface area contributed by atoms with E-state index in [4.69, 9.17) is 0 Å². The van der Waals surface area contributed by atoms with E-state index in [1.807, 2.05) is 0 Å². The largest absolute Gasteiger partial charge is 0.315 e. The lowest BCUT2D eigenvalue weighted by atomic mass is 10.0. The summed E-state index contributed by atoms with van der Waals surface area (Å²) in [5, 5.41) is 3.52. The minimum atomic E-state index is 0.712. The number of aryl methyl sites for hydroxylation is 2. The van der Waals surface area contributed by atoms with Crippen molar-refractivity contribution in [1.29, 1.82) is 0 Å². The summed E-state index contributed by atoms with van der Waals surface area (Å²) in [7, 11) is 0. The van der Waals surface area contributed by atoms with Gasteiger partial charge < -0.3 is 5.32 Å². The molecular formula is C16H26N2. The highest BCUT2D eigenvalue weighted by Crippen LogP contribution is 2.17. The molecule has 0 radical (unpaired) electrons. The molecule has 18 heavy (non-hydrogen) atoms. The lowest BCUT2D eigenvalue weighted by Gasteiger charge is -2.34. The Balaban J connectivity index is 2.06. The van der Waals surface area contributed by atoms with E-state index in [0.717, 1.165) is 19.6 Å². The minimum absolute atomic E-state index is 0.712. The highest BCUT2D eigenvalue weighted by Gasteiger charge is 2.20. The van der Waals surface area contributed by atoms with Crippen molar-refractivity contribution in [3.8, 4) is 0 Å². The summed E-state index contributed by atoms with van der Waals surface area (Å²) in [6.07, 6.45) is 2.65. The zero-order valence-electron chi connectivity index (χ0n) is 12.0. The summed E-state index contributed by atoms with van der Waals surface area (Å²) in [5.41, 5.74) is 4.28. The van der Waals surface area contributed by atoms with Gasteiger partial charge in [0.05, 0.1) is 0 Å². The van der Waals surface area contributed by atoms with Gasteiger partial charge in [0.2, 0.25) is 0 Å². The van der Waals surface area contributed by atoms with Crippen LogP contribution >= 0.6 is 0 Å². The quantitative estimate of drug-likeness (QED) is 0.879. The molecule has 1 N–H and O–H groups in total. The standard InChI is InChI=1S/C16H26N2/c1-4-18(16-6-5-9-17-11-16)12-15-10-13(2)7-8-14(15)3/h7-8,10,16-17H,4-6,9,11-12H2,1-3H3. The van der Waals surface area contributed by atoms with Gasteiger partial charge in [-0.25, -0.2) is 0 Å². The molecule has 1 heterocycles. The number of hydrogen-bond donors (Lipinski definition) is 1. The number of benzene rings is 1. The zero-order chi connectivity index (χ0) is 13.0. The molecular weight excluding hydrogens is 220 g/mol. The van der Waals surface area contributed by atoms with Crippen LogP contribution in [-0.2, 0) is 6.54 Å². The van der Waals surface area contributed by atoms with Gasteiger partial charge in [0.1, 0.15) is 0 Å². The normalized spacial score (nSPS) is 20.3. The highest BCUT2D eigenvalue weighted by atomic mass is 15.2. The van der Waals surface area contributed by atoms with Crippen molar-refractivity contribution in [2.24, 2.45) is 0 Å². The number of piperidine rings is 1. The van der Waals surface area contributed by atoms with E-state index >= 15 is 0 Å². The predicted octanol–water partition coefficient (Wildman–Crippen LogP) is 2.88. The van der Waals surface area contributed by atoms with Gasteiger partial charge in [0.25, 0.3) is 0 Å². The maximum Gasteiger partial charge on any atom is 0.0239 e. The molecule has 0 spiro atoms. The van der Waals surface area contributed by atoms with Crippen LogP contribution in [0.5, 0.6) is 0 Å². The van der Waals surface area contributed by atoms with Gasteiger partial charge in [-0.05, 0) is 50.9 Å². The second-order valence-corrected chi connectivity index (χ2v) is 5.49. The summed E-state index contributed by atoms with van der Waals surface area (Å²) in [5.74, 6) is 0. The lowest BCUT2D eigenvalue weighted by molar-refractivity contribution is 0.166. The fraction of sp³-hybridized carbons (Fsp3) is 0.625. The van der Waals surface area contributed by atoms with Crippen LogP contribution in [0, 0.1) is 13.8 Å². The molecule has 1 aliphatic heterocycles. The van der Waals surface area contributed by atoms with Crippen molar-refractivity contribution in [3.63, 3.8) is 0 Å². The predicted molar refractivity (Wildman–Crippen MR) is 77.9 cm³/mol. The molecule has 2 nitrogen and oxygen atoms in total. The molecule has 0 bridgehead atoms. The van der Waals surface area contributed by atoms with Gasteiger partial charge >= 0.3 is 0 Å². The van der Waals surface area contributed by atoms with E-state index in [0.29, 0.717) is 6.04 Å². The summed E-state index contributed by atoms with van der Waals surface area (Å²) in [6, 6.07) is 7.51. The maximum absolute atomic E-state index is 3.52. The van der Waals surface area contributed by atoms with Crippen LogP contribution in [0.4, 0.5) is 0 Å². The highest BCUT2D eigenvalue weighted by molar-refractivity contribution is 5.30. The molecule has 0 aliphatic carbocycles. The zero-order valence-corrected chi connectivity index (χ0v) is 12.0. The Labute approximate surface area is 111 Å². The van der Waals surface area contributed by atoms with E-state index < -0.39 is 0 Å². The number of likely N-dealkylation sites (N-methyl/N-ethyl adjacent to an activating group) is 1. The van der Waals surface area contributed by atoms with Gasteiger partial charge in [-0.3, -0.25) is 4.90 Å². The van der Waals surface area contributed by atoms with E-state index in [9.17, 15) is 0 Å². The van der Waals surface area contributed by atoms with E-state index in [2.05, 4.69) is 49.2 Å². The first-order valence-electron chi connectivity index (χ1n) is 7.21. The Kier molecular flexibility index (Phi) is 4.79.